The van der Waals surface area contributed by atoms with Crippen molar-refractivity contribution in [1.82, 2.24) is 10.2 Å². The van der Waals surface area contributed by atoms with Crippen LogP contribution in [0.5, 0.6) is 0 Å². The van der Waals surface area contributed by atoms with Gasteiger partial charge < -0.3 is 10.2 Å². The Kier molecular flexibility index (Phi) is 4.02. The number of amides is 2. The largest absolute Gasteiger partial charge is 0.334 e. The molecule has 0 bridgehead atoms. The molecule has 0 spiro atoms. The maximum absolute atomic E-state index is 12.3. The highest BCUT2D eigenvalue weighted by Gasteiger charge is 2.30. The van der Waals surface area contributed by atoms with E-state index in [1.165, 1.54) is 4.88 Å². The molecule has 1 aliphatic rings. The minimum absolute atomic E-state index is 0.0461. The van der Waals surface area contributed by atoms with Crippen molar-refractivity contribution in [3.05, 3.63) is 58.3 Å². The van der Waals surface area contributed by atoms with Crippen molar-refractivity contribution in [2.75, 3.05) is 6.54 Å². The Bertz CT molecular complexity index is 553. The monoisotopic (exact) mass is 286 g/mol. The van der Waals surface area contributed by atoms with E-state index in [1.54, 1.807) is 11.3 Å². The van der Waals surface area contributed by atoms with Crippen molar-refractivity contribution in [3.63, 3.8) is 0 Å². The first-order valence-corrected chi connectivity index (χ1v) is 7.84. The number of carbonyl (C=O) groups excluding carboxylic acids is 1. The van der Waals surface area contributed by atoms with Gasteiger partial charge in [-0.05, 0) is 29.9 Å². The number of rotatable bonds is 3. The molecule has 0 radical (unpaired) electrons. The Hall–Kier alpha value is -1.81. The van der Waals surface area contributed by atoms with E-state index in [4.69, 9.17) is 0 Å². The number of thiophene rings is 1. The highest BCUT2D eigenvalue weighted by molar-refractivity contribution is 7.10. The molecule has 2 amide bonds. The number of hydrogen-bond donors (Lipinski definition) is 1. The topological polar surface area (TPSA) is 32.3 Å². The molecule has 1 aromatic carbocycles. The van der Waals surface area contributed by atoms with Crippen LogP contribution in [0.2, 0.25) is 0 Å². The van der Waals surface area contributed by atoms with Crippen LogP contribution < -0.4 is 5.32 Å². The fraction of sp³-hybridized carbons (Fsp3) is 0.312. The Labute approximate surface area is 123 Å². The number of urea groups is 1. The Morgan fingerprint density at radius 2 is 2.10 bits per heavy atom. The third-order valence-corrected chi connectivity index (χ3v) is 4.65. The van der Waals surface area contributed by atoms with Crippen molar-refractivity contribution >= 4 is 17.4 Å². The smallest absolute Gasteiger partial charge is 0.318 e. The summed E-state index contributed by atoms with van der Waals surface area (Å²) in [7, 11) is 0. The lowest BCUT2D eigenvalue weighted by atomic mass is 10.2. The molecule has 2 aromatic rings. The van der Waals surface area contributed by atoms with E-state index >= 15 is 0 Å². The van der Waals surface area contributed by atoms with E-state index in [9.17, 15) is 4.79 Å². The number of benzene rings is 1. The third kappa shape index (κ3) is 2.85. The molecule has 1 fully saturated rings. The zero-order chi connectivity index (χ0) is 13.8. The molecule has 0 saturated carbocycles. The average Bonchev–Trinajstić information content (AvgIpc) is 3.15. The fourth-order valence-corrected chi connectivity index (χ4v) is 3.54. The molecule has 1 aliphatic heterocycles. The van der Waals surface area contributed by atoms with Crippen molar-refractivity contribution in [2.24, 2.45) is 0 Å². The Morgan fingerprint density at radius 1 is 1.25 bits per heavy atom. The molecule has 4 heteroatoms. The first-order chi connectivity index (χ1) is 9.84. The van der Waals surface area contributed by atoms with E-state index in [0.29, 0.717) is 6.54 Å². The molecule has 2 heterocycles. The van der Waals surface area contributed by atoms with Crippen molar-refractivity contribution < 1.29 is 4.79 Å². The fourth-order valence-electron chi connectivity index (χ4n) is 2.66. The summed E-state index contributed by atoms with van der Waals surface area (Å²) in [4.78, 5) is 15.6. The first-order valence-electron chi connectivity index (χ1n) is 6.96. The predicted octanol–water partition coefficient (Wildman–Crippen LogP) is 3.79. The van der Waals surface area contributed by atoms with Gasteiger partial charge in [-0.15, -0.1) is 11.3 Å². The van der Waals surface area contributed by atoms with Crippen LogP contribution in [0.3, 0.4) is 0 Å². The zero-order valence-corrected chi connectivity index (χ0v) is 12.1. The van der Waals surface area contributed by atoms with E-state index in [2.05, 4.69) is 22.8 Å². The van der Waals surface area contributed by atoms with E-state index in [1.807, 2.05) is 35.2 Å². The van der Waals surface area contributed by atoms with Gasteiger partial charge in [0.05, 0.1) is 6.04 Å². The summed E-state index contributed by atoms with van der Waals surface area (Å²) in [6, 6.07) is 14.5. The molecule has 1 saturated heterocycles. The van der Waals surface area contributed by atoms with Crippen LogP contribution >= 0.6 is 11.3 Å². The number of carbonyl (C=O) groups is 1. The molecule has 3 rings (SSSR count). The average molecular weight is 286 g/mol. The molecule has 1 aromatic heterocycles. The minimum Gasteiger partial charge on any atom is -0.334 e. The van der Waals surface area contributed by atoms with E-state index in [0.717, 1.165) is 24.9 Å². The second kappa shape index (κ2) is 6.09. The van der Waals surface area contributed by atoms with Crippen molar-refractivity contribution in [3.8, 4) is 0 Å². The van der Waals surface area contributed by atoms with Crippen LogP contribution in [0.15, 0.2) is 47.8 Å². The summed E-state index contributed by atoms with van der Waals surface area (Å²) in [5, 5.41) is 5.10. The van der Waals surface area contributed by atoms with E-state index < -0.39 is 0 Å². The summed E-state index contributed by atoms with van der Waals surface area (Å²) >= 11 is 1.73. The first kappa shape index (κ1) is 13.2. The summed E-state index contributed by atoms with van der Waals surface area (Å²) in [5.74, 6) is 0. The molecule has 104 valence electrons. The van der Waals surface area contributed by atoms with Crippen LogP contribution in [0.1, 0.15) is 29.3 Å². The summed E-state index contributed by atoms with van der Waals surface area (Å²) < 4.78 is 0. The summed E-state index contributed by atoms with van der Waals surface area (Å²) in [5.41, 5.74) is 1.13. The minimum atomic E-state index is 0.0461. The molecule has 1 atom stereocenters. The number of nitrogens with zero attached hydrogens (tertiary/aromatic N) is 1. The molecular formula is C16H18N2OS. The second-order valence-electron chi connectivity index (χ2n) is 5.01. The van der Waals surface area contributed by atoms with Gasteiger partial charge in [0.2, 0.25) is 0 Å². The highest BCUT2D eigenvalue weighted by atomic mass is 32.1. The van der Waals surface area contributed by atoms with Crippen LogP contribution in [0.25, 0.3) is 0 Å². The van der Waals surface area contributed by atoms with Gasteiger partial charge in [-0.25, -0.2) is 4.79 Å². The molecular weight excluding hydrogens is 268 g/mol. The maximum Gasteiger partial charge on any atom is 0.318 e. The highest BCUT2D eigenvalue weighted by Crippen LogP contribution is 2.34. The van der Waals surface area contributed by atoms with Crippen molar-refractivity contribution in [2.45, 2.75) is 25.4 Å². The van der Waals surface area contributed by atoms with E-state index in [-0.39, 0.29) is 12.1 Å². The summed E-state index contributed by atoms with van der Waals surface area (Å²) in [6.07, 6.45) is 2.15. The van der Waals surface area contributed by atoms with Gasteiger partial charge in [0.15, 0.2) is 0 Å². The van der Waals surface area contributed by atoms with Crippen LogP contribution in [0, 0.1) is 0 Å². The number of hydrogen-bond acceptors (Lipinski definition) is 2. The molecule has 20 heavy (non-hydrogen) atoms. The van der Waals surface area contributed by atoms with Gasteiger partial charge in [0.25, 0.3) is 0 Å². The molecule has 1 N–H and O–H groups in total. The van der Waals surface area contributed by atoms with Gasteiger partial charge in [-0.2, -0.15) is 0 Å². The third-order valence-electron chi connectivity index (χ3n) is 3.67. The van der Waals surface area contributed by atoms with Gasteiger partial charge >= 0.3 is 6.03 Å². The Morgan fingerprint density at radius 3 is 2.85 bits per heavy atom. The van der Waals surface area contributed by atoms with Crippen LogP contribution in [0.4, 0.5) is 4.79 Å². The van der Waals surface area contributed by atoms with Gasteiger partial charge in [-0.3, -0.25) is 0 Å². The predicted molar refractivity (Wildman–Crippen MR) is 81.7 cm³/mol. The maximum atomic E-state index is 12.3. The summed E-state index contributed by atoms with van der Waals surface area (Å²) in [6.45, 7) is 1.44. The van der Waals surface area contributed by atoms with Crippen molar-refractivity contribution in [1.29, 1.82) is 0 Å². The molecule has 1 unspecified atom stereocenters. The number of likely N-dealkylation sites (tertiary alicyclic amines) is 1. The molecule has 3 nitrogen and oxygen atoms in total. The second-order valence-corrected chi connectivity index (χ2v) is 5.99. The lowest BCUT2D eigenvalue weighted by molar-refractivity contribution is 0.193. The standard InChI is InChI=1S/C16H18N2OS/c19-16(17-12-13-6-2-1-3-7-13)18-10-4-8-14(18)15-9-5-11-20-15/h1-3,5-7,9,11,14H,4,8,10,12H2,(H,17,19). The number of nitrogens with one attached hydrogen (secondary N) is 1. The Balaban J connectivity index is 1.62. The van der Waals surface area contributed by atoms with Gasteiger partial charge in [-0.1, -0.05) is 36.4 Å². The molecule has 0 aliphatic carbocycles. The zero-order valence-electron chi connectivity index (χ0n) is 11.3. The SMILES string of the molecule is O=C(NCc1ccccc1)N1CCCC1c1cccs1. The van der Waals surface area contributed by atoms with Gasteiger partial charge in [0.1, 0.15) is 0 Å². The lowest BCUT2D eigenvalue weighted by Gasteiger charge is -2.24. The van der Waals surface area contributed by atoms with Crippen LogP contribution in [-0.4, -0.2) is 17.5 Å². The quantitative estimate of drug-likeness (QED) is 0.914. The lowest BCUT2D eigenvalue weighted by Crippen LogP contribution is -2.38. The normalized spacial score (nSPS) is 18.2. The van der Waals surface area contributed by atoms with Gasteiger partial charge in [0, 0.05) is 18.0 Å². The van der Waals surface area contributed by atoms with Crippen LogP contribution in [-0.2, 0) is 6.54 Å².